The van der Waals surface area contributed by atoms with E-state index in [9.17, 15) is 4.79 Å². The summed E-state index contributed by atoms with van der Waals surface area (Å²) in [6.07, 6.45) is 4.09. The smallest absolute Gasteiger partial charge is 0.224 e. The van der Waals surface area contributed by atoms with Gasteiger partial charge in [-0.3, -0.25) is 4.79 Å². The zero-order chi connectivity index (χ0) is 13.5. The Morgan fingerprint density at radius 3 is 2.74 bits per heavy atom. The van der Waals surface area contributed by atoms with E-state index in [1.54, 1.807) is 0 Å². The van der Waals surface area contributed by atoms with Crippen LogP contribution in [0.25, 0.3) is 10.8 Å². The first kappa shape index (κ1) is 13.3. The molecule has 0 aliphatic rings. The maximum absolute atomic E-state index is 11.8. The molecule has 0 unspecified atom stereocenters. The van der Waals surface area contributed by atoms with Gasteiger partial charge in [0.2, 0.25) is 5.91 Å². The van der Waals surface area contributed by atoms with Gasteiger partial charge in [0.15, 0.2) is 0 Å². The molecule has 0 heterocycles. The minimum atomic E-state index is 0.0259. The van der Waals surface area contributed by atoms with Crippen molar-refractivity contribution in [1.82, 2.24) is 5.32 Å². The van der Waals surface area contributed by atoms with Crippen LogP contribution in [0, 0.1) is 0 Å². The third-order valence-electron chi connectivity index (χ3n) is 2.95. The summed E-state index contributed by atoms with van der Waals surface area (Å²) in [6.45, 7) is 1.03. The van der Waals surface area contributed by atoms with Crippen LogP contribution in [0.3, 0.4) is 0 Å². The van der Waals surface area contributed by atoms with Crippen molar-refractivity contribution < 1.29 is 4.79 Å². The summed E-state index contributed by atoms with van der Waals surface area (Å²) in [7, 11) is 0. The molecule has 0 aliphatic heterocycles. The normalized spacial score (nSPS) is 11.0. The molecule has 0 bridgehead atoms. The molecular formula is C16H18N2O. The first-order chi connectivity index (χ1) is 9.31. The summed E-state index contributed by atoms with van der Waals surface area (Å²) < 4.78 is 0. The molecule has 98 valence electrons. The van der Waals surface area contributed by atoms with Crippen LogP contribution in [-0.2, 0) is 11.2 Å². The maximum atomic E-state index is 11.8. The average molecular weight is 254 g/mol. The van der Waals surface area contributed by atoms with Crippen LogP contribution < -0.4 is 11.1 Å². The van der Waals surface area contributed by atoms with Crippen molar-refractivity contribution in [1.29, 1.82) is 0 Å². The predicted molar refractivity (Wildman–Crippen MR) is 78.9 cm³/mol. The number of nitrogens with two attached hydrogens (primary N) is 1. The highest BCUT2D eigenvalue weighted by Gasteiger charge is 2.05. The molecule has 0 saturated carbocycles. The molecule has 1 amide bonds. The second-order valence-corrected chi connectivity index (χ2v) is 4.33. The number of rotatable bonds is 5. The van der Waals surface area contributed by atoms with Gasteiger partial charge >= 0.3 is 0 Å². The molecule has 19 heavy (non-hydrogen) atoms. The van der Waals surface area contributed by atoms with E-state index in [4.69, 9.17) is 5.73 Å². The highest BCUT2D eigenvalue weighted by molar-refractivity contribution is 5.90. The van der Waals surface area contributed by atoms with Gasteiger partial charge in [0.05, 0.1) is 6.42 Å². The van der Waals surface area contributed by atoms with Gasteiger partial charge in [0.1, 0.15) is 0 Å². The zero-order valence-corrected chi connectivity index (χ0v) is 10.8. The molecular weight excluding hydrogens is 236 g/mol. The van der Waals surface area contributed by atoms with Crippen LogP contribution in [0.4, 0.5) is 0 Å². The lowest BCUT2D eigenvalue weighted by molar-refractivity contribution is -0.120. The summed E-state index contributed by atoms with van der Waals surface area (Å²) in [5, 5.41) is 5.15. The molecule has 0 fully saturated rings. The van der Waals surface area contributed by atoms with Gasteiger partial charge in [0, 0.05) is 13.1 Å². The van der Waals surface area contributed by atoms with Crippen LogP contribution in [0.2, 0.25) is 0 Å². The highest BCUT2D eigenvalue weighted by atomic mass is 16.1. The van der Waals surface area contributed by atoms with Crippen molar-refractivity contribution in [3.63, 3.8) is 0 Å². The number of hydrogen-bond donors (Lipinski definition) is 2. The Balaban J connectivity index is 2.05. The number of amides is 1. The molecule has 2 rings (SSSR count). The number of carbonyl (C=O) groups is 1. The molecule has 2 aromatic carbocycles. The number of benzene rings is 2. The maximum Gasteiger partial charge on any atom is 0.224 e. The van der Waals surface area contributed by atoms with Crippen LogP contribution >= 0.6 is 0 Å². The van der Waals surface area contributed by atoms with Crippen molar-refractivity contribution in [2.24, 2.45) is 5.73 Å². The zero-order valence-electron chi connectivity index (χ0n) is 10.8. The van der Waals surface area contributed by atoms with Crippen LogP contribution in [0.5, 0.6) is 0 Å². The van der Waals surface area contributed by atoms with Crippen molar-refractivity contribution in [3.8, 4) is 0 Å². The molecule has 2 aromatic rings. The van der Waals surface area contributed by atoms with Crippen molar-refractivity contribution >= 4 is 16.7 Å². The molecule has 3 nitrogen and oxygen atoms in total. The van der Waals surface area contributed by atoms with E-state index in [1.807, 2.05) is 42.5 Å². The Kier molecular flexibility index (Phi) is 4.70. The molecule has 3 N–H and O–H groups in total. The Morgan fingerprint density at radius 1 is 1.11 bits per heavy atom. The summed E-state index contributed by atoms with van der Waals surface area (Å²) >= 11 is 0. The minimum absolute atomic E-state index is 0.0259. The van der Waals surface area contributed by atoms with E-state index in [0.717, 1.165) is 16.3 Å². The number of carbonyl (C=O) groups excluding carboxylic acids is 1. The van der Waals surface area contributed by atoms with E-state index in [0.29, 0.717) is 19.5 Å². The van der Waals surface area contributed by atoms with Gasteiger partial charge in [-0.25, -0.2) is 0 Å². The average Bonchev–Trinajstić information content (AvgIpc) is 2.44. The molecule has 0 radical (unpaired) electrons. The summed E-state index contributed by atoms with van der Waals surface area (Å²) in [5.41, 5.74) is 6.39. The third kappa shape index (κ3) is 3.66. The fourth-order valence-corrected chi connectivity index (χ4v) is 2.03. The van der Waals surface area contributed by atoms with Crippen LogP contribution in [0.15, 0.2) is 54.6 Å². The monoisotopic (exact) mass is 254 g/mol. The Morgan fingerprint density at radius 2 is 1.89 bits per heavy atom. The van der Waals surface area contributed by atoms with Crippen molar-refractivity contribution in [2.75, 3.05) is 13.1 Å². The van der Waals surface area contributed by atoms with Gasteiger partial charge in [-0.05, 0) is 16.3 Å². The minimum Gasteiger partial charge on any atom is -0.352 e. The standard InChI is InChI=1S/C16H18N2O/c17-10-3-4-11-18-16(19)12-14-8-5-7-13-6-1-2-9-15(13)14/h1-9H,10-12,17H2,(H,18,19)/b4-3+. The predicted octanol–water partition coefficient (Wildman–Crippen LogP) is 2.01. The second-order valence-electron chi connectivity index (χ2n) is 4.33. The highest BCUT2D eigenvalue weighted by Crippen LogP contribution is 2.18. The second kappa shape index (κ2) is 6.71. The van der Waals surface area contributed by atoms with Crippen molar-refractivity contribution in [3.05, 3.63) is 60.2 Å². The van der Waals surface area contributed by atoms with E-state index >= 15 is 0 Å². The molecule has 0 saturated heterocycles. The molecule has 0 aromatic heterocycles. The lowest BCUT2D eigenvalue weighted by Crippen LogP contribution is -2.25. The SMILES string of the molecule is NC/C=C/CNC(=O)Cc1cccc2ccccc12. The summed E-state index contributed by atoms with van der Waals surface area (Å²) in [4.78, 5) is 11.8. The van der Waals surface area contributed by atoms with Gasteiger partial charge in [-0.2, -0.15) is 0 Å². The van der Waals surface area contributed by atoms with Crippen molar-refractivity contribution in [2.45, 2.75) is 6.42 Å². The van der Waals surface area contributed by atoms with Crippen LogP contribution in [-0.4, -0.2) is 19.0 Å². The quantitative estimate of drug-likeness (QED) is 0.802. The van der Waals surface area contributed by atoms with E-state index < -0.39 is 0 Å². The molecule has 0 atom stereocenters. The third-order valence-corrected chi connectivity index (χ3v) is 2.95. The topological polar surface area (TPSA) is 55.1 Å². The Hall–Kier alpha value is -2.13. The fraction of sp³-hybridized carbons (Fsp3) is 0.188. The lowest BCUT2D eigenvalue weighted by Gasteiger charge is -2.06. The number of nitrogens with one attached hydrogen (secondary N) is 1. The molecule has 0 aliphatic carbocycles. The lowest BCUT2D eigenvalue weighted by atomic mass is 10.0. The van der Waals surface area contributed by atoms with E-state index in [2.05, 4.69) is 17.4 Å². The first-order valence-electron chi connectivity index (χ1n) is 6.39. The van der Waals surface area contributed by atoms with Gasteiger partial charge in [-0.15, -0.1) is 0 Å². The fourth-order valence-electron chi connectivity index (χ4n) is 2.03. The Bertz CT molecular complexity index is 585. The van der Waals surface area contributed by atoms with Gasteiger partial charge < -0.3 is 11.1 Å². The van der Waals surface area contributed by atoms with E-state index in [-0.39, 0.29) is 5.91 Å². The molecule has 3 heteroatoms. The largest absolute Gasteiger partial charge is 0.352 e. The first-order valence-corrected chi connectivity index (χ1v) is 6.39. The van der Waals surface area contributed by atoms with Gasteiger partial charge in [0.25, 0.3) is 0 Å². The Labute approximate surface area is 113 Å². The number of hydrogen-bond acceptors (Lipinski definition) is 2. The molecule has 0 spiro atoms. The summed E-state index contributed by atoms with van der Waals surface area (Å²) in [5.74, 6) is 0.0259. The van der Waals surface area contributed by atoms with Crippen LogP contribution in [0.1, 0.15) is 5.56 Å². The summed E-state index contributed by atoms with van der Waals surface area (Å²) in [6, 6.07) is 14.1. The van der Waals surface area contributed by atoms with E-state index in [1.165, 1.54) is 0 Å². The number of fused-ring (bicyclic) bond motifs is 1. The van der Waals surface area contributed by atoms with Gasteiger partial charge in [-0.1, -0.05) is 54.6 Å².